The summed E-state index contributed by atoms with van der Waals surface area (Å²) in [6, 6.07) is 6.02. The van der Waals surface area contributed by atoms with E-state index in [1.54, 1.807) is 0 Å². The van der Waals surface area contributed by atoms with Crippen LogP contribution in [0.25, 0.3) is 0 Å². The highest BCUT2D eigenvalue weighted by Gasteiger charge is 2.51. The van der Waals surface area contributed by atoms with Crippen LogP contribution in [0.15, 0.2) is 22.7 Å². The number of aliphatic hydroxyl groups excluding tert-OH is 1. The number of Topliss-reactive ketones (excluding diaryl/α,β-unsaturated/α-hetero) is 1. The lowest BCUT2D eigenvalue weighted by molar-refractivity contribution is -0.0161. The topological polar surface area (TPSA) is 37.3 Å². The summed E-state index contributed by atoms with van der Waals surface area (Å²) >= 11 is 3.45. The maximum Gasteiger partial charge on any atom is 0.169 e. The highest BCUT2D eigenvalue weighted by atomic mass is 79.9. The summed E-state index contributed by atoms with van der Waals surface area (Å²) in [5.41, 5.74) is 1.79. The molecule has 2 aliphatic carbocycles. The number of hydrogen-bond donors (Lipinski definition) is 1. The van der Waals surface area contributed by atoms with Gasteiger partial charge in [0.1, 0.15) is 0 Å². The van der Waals surface area contributed by atoms with E-state index >= 15 is 0 Å². The van der Waals surface area contributed by atoms with Gasteiger partial charge in [-0.05, 0) is 48.8 Å². The van der Waals surface area contributed by atoms with Gasteiger partial charge in [0.15, 0.2) is 5.78 Å². The first-order valence-corrected chi connectivity index (χ1v) is 7.73. The molecule has 1 aromatic rings. The van der Waals surface area contributed by atoms with E-state index in [1.807, 2.05) is 12.1 Å². The number of aliphatic hydroxyl groups is 1. The summed E-state index contributed by atoms with van der Waals surface area (Å²) in [7, 11) is 0. The Labute approximate surface area is 122 Å². The summed E-state index contributed by atoms with van der Waals surface area (Å²) in [5.74, 6) is 0.685. The fraction of sp³-hybridized carbons (Fsp3) is 0.562. The van der Waals surface area contributed by atoms with E-state index < -0.39 is 0 Å². The molecule has 0 heterocycles. The van der Waals surface area contributed by atoms with E-state index in [0.717, 1.165) is 29.3 Å². The predicted molar refractivity (Wildman–Crippen MR) is 78.2 cm³/mol. The van der Waals surface area contributed by atoms with Crippen LogP contribution in [0.1, 0.15) is 42.6 Å². The Hall–Kier alpha value is -0.670. The molecule has 2 aliphatic rings. The van der Waals surface area contributed by atoms with E-state index in [2.05, 4.69) is 35.8 Å². The molecule has 1 fully saturated rings. The lowest BCUT2D eigenvalue weighted by Gasteiger charge is -2.42. The summed E-state index contributed by atoms with van der Waals surface area (Å²) in [4.78, 5) is 12.8. The van der Waals surface area contributed by atoms with Crippen LogP contribution in [0, 0.1) is 17.3 Å². The maximum atomic E-state index is 12.8. The number of benzene rings is 1. The molecular weight excluding hydrogens is 304 g/mol. The van der Waals surface area contributed by atoms with E-state index in [4.69, 9.17) is 0 Å². The van der Waals surface area contributed by atoms with Crippen molar-refractivity contribution in [3.8, 4) is 0 Å². The van der Waals surface area contributed by atoms with Crippen molar-refractivity contribution in [2.24, 2.45) is 17.3 Å². The van der Waals surface area contributed by atoms with Crippen LogP contribution in [0.5, 0.6) is 0 Å². The van der Waals surface area contributed by atoms with Gasteiger partial charge < -0.3 is 5.11 Å². The van der Waals surface area contributed by atoms with Gasteiger partial charge in [-0.15, -0.1) is 0 Å². The first kappa shape index (κ1) is 13.3. The smallest absolute Gasteiger partial charge is 0.169 e. The Morgan fingerprint density at radius 1 is 1.26 bits per heavy atom. The van der Waals surface area contributed by atoms with Crippen LogP contribution >= 0.6 is 15.9 Å². The molecule has 0 saturated heterocycles. The Kier molecular flexibility index (Phi) is 3.10. The third-order valence-corrected chi connectivity index (χ3v) is 5.41. The van der Waals surface area contributed by atoms with E-state index in [-0.39, 0.29) is 29.1 Å². The van der Waals surface area contributed by atoms with Gasteiger partial charge in [0.2, 0.25) is 0 Å². The van der Waals surface area contributed by atoms with Crippen molar-refractivity contribution in [3.05, 3.63) is 33.8 Å². The number of hydrogen-bond acceptors (Lipinski definition) is 2. The van der Waals surface area contributed by atoms with Gasteiger partial charge in [0.25, 0.3) is 0 Å². The lowest BCUT2D eigenvalue weighted by atomic mass is 9.63. The van der Waals surface area contributed by atoms with Gasteiger partial charge in [0, 0.05) is 15.5 Å². The predicted octanol–water partition coefficient (Wildman–Crippen LogP) is 3.60. The van der Waals surface area contributed by atoms with E-state index in [1.165, 1.54) is 5.56 Å². The molecule has 0 aliphatic heterocycles. The number of carbonyl (C=O) groups excluding carboxylic acids is 1. The molecule has 102 valence electrons. The van der Waals surface area contributed by atoms with Crippen LogP contribution in [0.3, 0.4) is 0 Å². The maximum absolute atomic E-state index is 12.8. The third-order valence-electron chi connectivity index (χ3n) is 4.92. The van der Waals surface area contributed by atoms with Crippen LogP contribution < -0.4 is 0 Å². The molecule has 1 N–H and O–H groups in total. The normalized spacial score (nSPS) is 37.7. The molecule has 2 nitrogen and oxygen atoms in total. The van der Waals surface area contributed by atoms with Crippen LogP contribution in [-0.2, 0) is 6.42 Å². The Morgan fingerprint density at radius 3 is 2.53 bits per heavy atom. The van der Waals surface area contributed by atoms with Gasteiger partial charge in [-0.1, -0.05) is 35.8 Å². The SMILES string of the molecule is C[C@@H]1C[C@@]2(Cc3ccc(Br)cc3C2=O)C[C@H](C)[C@@H]1O. The Balaban J connectivity index is 1.99. The van der Waals surface area contributed by atoms with Crippen molar-refractivity contribution >= 4 is 21.7 Å². The highest BCUT2D eigenvalue weighted by molar-refractivity contribution is 9.10. The second-order valence-corrected chi connectivity index (χ2v) is 7.36. The Bertz CT molecular complexity index is 526. The van der Waals surface area contributed by atoms with E-state index in [0.29, 0.717) is 0 Å². The molecule has 19 heavy (non-hydrogen) atoms. The summed E-state index contributed by atoms with van der Waals surface area (Å²) in [6.45, 7) is 4.13. The second kappa shape index (κ2) is 4.42. The number of fused-ring (bicyclic) bond motifs is 1. The van der Waals surface area contributed by atoms with Crippen molar-refractivity contribution in [1.82, 2.24) is 0 Å². The molecule has 0 unspecified atom stereocenters. The number of halogens is 1. The quantitative estimate of drug-likeness (QED) is 0.792. The third kappa shape index (κ3) is 1.98. The molecule has 0 radical (unpaired) electrons. The summed E-state index contributed by atoms with van der Waals surface area (Å²) < 4.78 is 0.966. The minimum atomic E-state index is -0.270. The number of rotatable bonds is 0. The van der Waals surface area contributed by atoms with Crippen molar-refractivity contribution in [2.45, 2.75) is 39.2 Å². The van der Waals surface area contributed by atoms with Crippen LogP contribution in [-0.4, -0.2) is 17.0 Å². The van der Waals surface area contributed by atoms with Crippen molar-refractivity contribution in [3.63, 3.8) is 0 Å². The average Bonchev–Trinajstić information content (AvgIpc) is 2.60. The first-order valence-electron chi connectivity index (χ1n) is 6.94. The molecule has 0 bridgehead atoms. The fourth-order valence-corrected chi connectivity index (χ4v) is 4.45. The van der Waals surface area contributed by atoms with Crippen LogP contribution in [0.4, 0.5) is 0 Å². The number of carbonyl (C=O) groups is 1. The molecule has 0 amide bonds. The van der Waals surface area contributed by atoms with Gasteiger partial charge in [-0.2, -0.15) is 0 Å². The molecule has 0 aromatic heterocycles. The van der Waals surface area contributed by atoms with Crippen molar-refractivity contribution in [1.29, 1.82) is 0 Å². The van der Waals surface area contributed by atoms with E-state index in [9.17, 15) is 9.90 Å². The van der Waals surface area contributed by atoms with Gasteiger partial charge >= 0.3 is 0 Å². The summed E-state index contributed by atoms with van der Waals surface area (Å²) in [6.07, 6.45) is 2.19. The van der Waals surface area contributed by atoms with Gasteiger partial charge in [-0.3, -0.25) is 4.79 Å². The fourth-order valence-electron chi connectivity index (χ4n) is 4.09. The van der Waals surface area contributed by atoms with Crippen molar-refractivity contribution < 1.29 is 9.90 Å². The molecule has 4 atom stereocenters. The minimum Gasteiger partial charge on any atom is -0.393 e. The number of ketones is 1. The molecule has 1 aromatic carbocycles. The molecule has 3 rings (SSSR count). The zero-order valence-electron chi connectivity index (χ0n) is 11.3. The van der Waals surface area contributed by atoms with Crippen molar-refractivity contribution in [2.75, 3.05) is 0 Å². The minimum absolute atomic E-state index is 0.199. The monoisotopic (exact) mass is 322 g/mol. The first-order chi connectivity index (χ1) is 8.93. The highest BCUT2D eigenvalue weighted by Crippen LogP contribution is 2.50. The lowest BCUT2D eigenvalue weighted by Crippen LogP contribution is -2.44. The zero-order chi connectivity index (χ0) is 13.8. The van der Waals surface area contributed by atoms with Gasteiger partial charge in [-0.25, -0.2) is 0 Å². The molecule has 1 saturated carbocycles. The Morgan fingerprint density at radius 2 is 1.89 bits per heavy atom. The largest absolute Gasteiger partial charge is 0.393 e. The van der Waals surface area contributed by atoms with Gasteiger partial charge in [0.05, 0.1) is 6.10 Å². The van der Waals surface area contributed by atoms with Crippen LogP contribution in [0.2, 0.25) is 0 Å². The molecule has 1 spiro atoms. The zero-order valence-corrected chi connectivity index (χ0v) is 12.9. The second-order valence-electron chi connectivity index (χ2n) is 6.44. The average molecular weight is 323 g/mol. The standard InChI is InChI=1S/C16H19BrO2/c1-9-6-16(7-10(2)14(9)18)8-11-3-4-12(17)5-13(11)15(16)19/h3-5,9-10,14,18H,6-8H2,1-2H3/t9-,10+,14-,16+. The summed E-state index contributed by atoms with van der Waals surface area (Å²) in [5, 5.41) is 10.1. The molecular formula is C16H19BrO2. The molecule has 3 heteroatoms.